The summed E-state index contributed by atoms with van der Waals surface area (Å²) in [5, 5.41) is 33.0. The Labute approximate surface area is 170 Å². The fraction of sp³-hybridized carbons (Fsp3) is 0.550. The zero-order valence-electron chi connectivity index (χ0n) is 17.0. The van der Waals surface area contributed by atoms with Crippen LogP contribution in [0.4, 0.5) is 5.69 Å². The molecular formula is C20H30N2O7. The molecule has 162 valence electrons. The predicted molar refractivity (Wildman–Crippen MR) is 107 cm³/mol. The zero-order chi connectivity index (χ0) is 22.0. The van der Waals surface area contributed by atoms with Crippen molar-refractivity contribution in [2.75, 3.05) is 18.5 Å². The summed E-state index contributed by atoms with van der Waals surface area (Å²) in [6, 6.07) is 3.33. The van der Waals surface area contributed by atoms with Crippen molar-refractivity contribution in [1.82, 2.24) is 5.32 Å². The van der Waals surface area contributed by atoms with Crippen LogP contribution in [0.3, 0.4) is 0 Å². The lowest BCUT2D eigenvalue weighted by molar-refractivity contribution is -0.144. The molecule has 0 spiro atoms. The number of ether oxygens (including phenoxy) is 1. The summed E-state index contributed by atoms with van der Waals surface area (Å²) < 4.78 is 5.37. The molecule has 0 bridgehead atoms. The van der Waals surface area contributed by atoms with E-state index >= 15 is 0 Å². The summed E-state index contributed by atoms with van der Waals surface area (Å²) in [5.74, 6) is -3.03. The summed E-state index contributed by atoms with van der Waals surface area (Å²) in [7, 11) is 0. The van der Waals surface area contributed by atoms with Gasteiger partial charge in [0.05, 0.1) is 12.0 Å². The minimum atomic E-state index is -1.31. The molecule has 0 saturated carbocycles. The van der Waals surface area contributed by atoms with Gasteiger partial charge in [-0.2, -0.15) is 0 Å². The van der Waals surface area contributed by atoms with Crippen molar-refractivity contribution in [2.45, 2.75) is 58.2 Å². The SMILES string of the molecule is CC(C)(C)OC(=O)c1ccc(N[C@@H](CC(=O)O)C(=O)O)c(CNCCCCO)c1. The van der Waals surface area contributed by atoms with E-state index < -0.39 is 36.0 Å². The molecule has 0 aliphatic carbocycles. The molecule has 5 N–H and O–H groups in total. The van der Waals surface area contributed by atoms with Gasteiger partial charge >= 0.3 is 17.9 Å². The summed E-state index contributed by atoms with van der Waals surface area (Å²) >= 11 is 0. The maximum atomic E-state index is 12.4. The minimum absolute atomic E-state index is 0.0953. The third-order valence-corrected chi connectivity index (χ3v) is 3.82. The molecule has 0 heterocycles. The summed E-state index contributed by atoms with van der Waals surface area (Å²) in [6.07, 6.45) is 0.810. The number of carbonyl (C=O) groups excluding carboxylic acids is 1. The van der Waals surface area contributed by atoms with E-state index in [1.54, 1.807) is 32.9 Å². The van der Waals surface area contributed by atoms with Crippen molar-refractivity contribution in [3.8, 4) is 0 Å². The lowest BCUT2D eigenvalue weighted by Crippen LogP contribution is -2.32. The molecule has 0 aliphatic heterocycles. The zero-order valence-corrected chi connectivity index (χ0v) is 17.0. The average Bonchev–Trinajstić information content (AvgIpc) is 2.60. The van der Waals surface area contributed by atoms with Crippen molar-refractivity contribution in [2.24, 2.45) is 0 Å². The molecule has 0 unspecified atom stereocenters. The number of rotatable bonds is 12. The first-order valence-electron chi connectivity index (χ1n) is 9.42. The second-order valence-corrected chi connectivity index (χ2v) is 7.61. The van der Waals surface area contributed by atoms with Crippen molar-refractivity contribution in [1.29, 1.82) is 0 Å². The Hall–Kier alpha value is -2.65. The Bertz CT molecular complexity index is 713. The smallest absolute Gasteiger partial charge is 0.338 e. The minimum Gasteiger partial charge on any atom is -0.481 e. The van der Waals surface area contributed by atoms with Crippen LogP contribution in [0.5, 0.6) is 0 Å². The van der Waals surface area contributed by atoms with E-state index in [0.29, 0.717) is 36.3 Å². The third-order valence-electron chi connectivity index (χ3n) is 3.82. The van der Waals surface area contributed by atoms with E-state index in [4.69, 9.17) is 14.9 Å². The van der Waals surface area contributed by atoms with E-state index in [1.807, 2.05) is 0 Å². The van der Waals surface area contributed by atoms with E-state index in [1.165, 1.54) is 6.07 Å². The van der Waals surface area contributed by atoms with Gasteiger partial charge < -0.3 is 30.7 Å². The molecule has 1 atom stereocenters. The molecule has 0 aromatic heterocycles. The highest BCUT2D eigenvalue weighted by molar-refractivity contribution is 5.91. The van der Waals surface area contributed by atoms with E-state index in [0.717, 1.165) is 6.42 Å². The highest BCUT2D eigenvalue weighted by atomic mass is 16.6. The van der Waals surface area contributed by atoms with Crippen molar-refractivity contribution < 1.29 is 34.4 Å². The number of aliphatic carboxylic acids is 2. The molecule has 0 fully saturated rings. The van der Waals surface area contributed by atoms with Gasteiger partial charge in [-0.25, -0.2) is 9.59 Å². The largest absolute Gasteiger partial charge is 0.481 e. The van der Waals surface area contributed by atoms with Gasteiger partial charge in [0.1, 0.15) is 11.6 Å². The topological polar surface area (TPSA) is 145 Å². The van der Waals surface area contributed by atoms with Gasteiger partial charge in [-0.3, -0.25) is 4.79 Å². The van der Waals surface area contributed by atoms with Crippen molar-refractivity contribution in [3.05, 3.63) is 29.3 Å². The van der Waals surface area contributed by atoms with Gasteiger partial charge in [0.15, 0.2) is 0 Å². The highest BCUT2D eigenvalue weighted by Gasteiger charge is 2.23. The number of anilines is 1. The number of hydrogen-bond donors (Lipinski definition) is 5. The monoisotopic (exact) mass is 410 g/mol. The molecule has 1 aromatic carbocycles. The van der Waals surface area contributed by atoms with Crippen LogP contribution in [-0.4, -0.2) is 58.0 Å². The Kier molecular flexibility index (Phi) is 9.57. The molecule has 0 aliphatic rings. The van der Waals surface area contributed by atoms with Gasteiger partial charge in [-0.15, -0.1) is 0 Å². The first-order valence-corrected chi connectivity index (χ1v) is 9.42. The number of aliphatic hydroxyl groups is 1. The number of benzene rings is 1. The normalized spacial score (nSPS) is 12.3. The second-order valence-electron chi connectivity index (χ2n) is 7.61. The molecule has 0 amide bonds. The molecule has 0 radical (unpaired) electrons. The number of carboxylic acid groups (broad SMARTS) is 2. The molecular weight excluding hydrogens is 380 g/mol. The summed E-state index contributed by atoms with van der Waals surface area (Å²) in [5.41, 5.74) is 0.671. The Morgan fingerprint density at radius 2 is 1.83 bits per heavy atom. The molecule has 29 heavy (non-hydrogen) atoms. The number of nitrogens with one attached hydrogen (secondary N) is 2. The van der Waals surface area contributed by atoms with Crippen LogP contribution in [-0.2, 0) is 20.9 Å². The van der Waals surface area contributed by atoms with Crippen molar-refractivity contribution >= 4 is 23.6 Å². The van der Waals surface area contributed by atoms with Gasteiger partial charge in [-0.1, -0.05) is 0 Å². The van der Waals surface area contributed by atoms with E-state index in [-0.39, 0.29) is 6.61 Å². The maximum absolute atomic E-state index is 12.4. The fourth-order valence-corrected chi connectivity index (χ4v) is 2.49. The number of carboxylic acids is 2. The van der Waals surface area contributed by atoms with Gasteiger partial charge in [0.2, 0.25) is 0 Å². The quantitative estimate of drug-likeness (QED) is 0.257. The van der Waals surface area contributed by atoms with Crippen LogP contribution in [0.25, 0.3) is 0 Å². The first-order chi connectivity index (χ1) is 13.5. The van der Waals surface area contributed by atoms with Crippen LogP contribution in [0.1, 0.15) is 56.0 Å². The number of esters is 1. The number of carbonyl (C=O) groups is 3. The van der Waals surface area contributed by atoms with Crippen LogP contribution in [0.15, 0.2) is 18.2 Å². The van der Waals surface area contributed by atoms with Gasteiger partial charge in [0.25, 0.3) is 0 Å². The first kappa shape index (κ1) is 24.4. The number of aliphatic hydroxyl groups excluding tert-OH is 1. The molecule has 9 heteroatoms. The van der Waals surface area contributed by atoms with Gasteiger partial charge in [0, 0.05) is 18.8 Å². The molecule has 9 nitrogen and oxygen atoms in total. The Morgan fingerprint density at radius 3 is 2.38 bits per heavy atom. The average molecular weight is 410 g/mol. The van der Waals surface area contributed by atoms with E-state index in [9.17, 15) is 19.5 Å². The number of unbranched alkanes of at least 4 members (excludes halogenated alkanes) is 1. The predicted octanol–water partition coefficient (Wildman–Crippen LogP) is 1.84. The maximum Gasteiger partial charge on any atom is 0.338 e. The number of hydrogen-bond acceptors (Lipinski definition) is 7. The summed E-state index contributed by atoms with van der Waals surface area (Å²) in [6.45, 7) is 6.31. The van der Waals surface area contributed by atoms with Crippen LogP contribution >= 0.6 is 0 Å². The van der Waals surface area contributed by atoms with Crippen LogP contribution in [0.2, 0.25) is 0 Å². The summed E-state index contributed by atoms with van der Waals surface area (Å²) in [4.78, 5) is 34.7. The van der Waals surface area contributed by atoms with Crippen molar-refractivity contribution in [3.63, 3.8) is 0 Å². The van der Waals surface area contributed by atoms with Crippen LogP contribution < -0.4 is 10.6 Å². The molecule has 1 aromatic rings. The molecule has 0 saturated heterocycles. The van der Waals surface area contributed by atoms with Gasteiger partial charge in [-0.05, 0) is 63.9 Å². The Morgan fingerprint density at radius 1 is 1.14 bits per heavy atom. The Balaban J connectivity index is 3.06. The van der Waals surface area contributed by atoms with E-state index in [2.05, 4.69) is 10.6 Å². The second kappa shape index (κ2) is 11.4. The highest BCUT2D eigenvalue weighted by Crippen LogP contribution is 2.21. The lowest BCUT2D eigenvalue weighted by Gasteiger charge is -2.21. The lowest BCUT2D eigenvalue weighted by atomic mass is 10.1. The third kappa shape index (κ3) is 9.40. The standard InChI is InChI=1S/C20H30N2O7/c1-20(2,3)29-19(28)13-6-7-15(22-16(18(26)27)11-17(24)25)14(10-13)12-21-8-4-5-9-23/h6-7,10,16,21-23H,4-5,8-9,11-12H2,1-3H3,(H,24,25)(H,26,27)/t16-/m0/s1. The fourth-order valence-electron chi connectivity index (χ4n) is 2.49. The molecule has 1 rings (SSSR count). The van der Waals surface area contributed by atoms with Crippen LogP contribution in [0, 0.1) is 0 Å².